The molecule has 0 radical (unpaired) electrons. The van der Waals surface area contributed by atoms with Gasteiger partial charge in [-0.25, -0.2) is 0 Å². The maximum absolute atomic E-state index is 12.1. The van der Waals surface area contributed by atoms with Crippen molar-refractivity contribution in [3.8, 4) is 5.75 Å². The highest BCUT2D eigenvalue weighted by molar-refractivity contribution is 6.20. The Bertz CT molecular complexity index is 914. The molecule has 0 unspecified atom stereocenters. The van der Waals surface area contributed by atoms with Crippen molar-refractivity contribution in [3.63, 3.8) is 0 Å². The number of likely N-dealkylation sites (N-methyl/N-ethyl adjacent to an activating group) is 1. The molecule has 3 aromatic carbocycles. The van der Waals surface area contributed by atoms with Crippen molar-refractivity contribution < 1.29 is 9.53 Å². The van der Waals surface area contributed by atoms with E-state index in [1.165, 1.54) is 0 Å². The lowest BCUT2D eigenvalue weighted by atomic mass is 9.90. The first-order chi connectivity index (χ1) is 13.7. The molecule has 0 saturated heterocycles. The number of ether oxygens (including phenoxy) is 1. The Balaban J connectivity index is 2.01. The van der Waals surface area contributed by atoms with Gasteiger partial charge in [0.05, 0.1) is 0 Å². The van der Waals surface area contributed by atoms with Crippen LogP contribution in [0.5, 0.6) is 5.75 Å². The molecule has 3 nitrogen and oxygen atoms in total. The number of aldehydes is 1. The quantitative estimate of drug-likeness (QED) is 0.324. The number of nitrogens with zero attached hydrogens (tertiary/aromatic N) is 1. The summed E-state index contributed by atoms with van der Waals surface area (Å²) in [7, 11) is 4.04. The Morgan fingerprint density at radius 2 is 1.32 bits per heavy atom. The van der Waals surface area contributed by atoms with Crippen molar-refractivity contribution in [1.29, 1.82) is 0 Å². The SMILES string of the molecule is CN(C)CCOc1ccc(/C(=C(/C=O)c2ccccc2)c2ccccc2)cc1. The van der Waals surface area contributed by atoms with Crippen LogP contribution in [0.1, 0.15) is 16.7 Å². The maximum atomic E-state index is 12.1. The predicted octanol–water partition coefficient (Wildman–Crippen LogP) is 4.79. The Labute approximate surface area is 166 Å². The Kier molecular flexibility index (Phi) is 6.77. The molecule has 0 atom stereocenters. The first-order valence-corrected chi connectivity index (χ1v) is 9.37. The van der Waals surface area contributed by atoms with Crippen LogP contribution in [-0.4, -0.2) is 38.4 Å². The van der Waals surface area contributed by atoms with Gasteiger partial charge in [-0.1, -0.05) is 72.8 Å². The summed E-state index contributed by atoms with van der Waals surface area (Å²) in [6, 6.07) is 27.7. The standard InChI is InChI=1S/C25H25NO2/c1-26(2)17-18-28-23-15-13-22(14-16-23)25(21-11-7-4-8-12-21)24(19-27)20-9-5-3-6-10-20/h3-16,19H,17-18H2,1-2H3/b25-24-. The van der Waals surface area contributed by atoms with Gasteiger partial charge in [0.1, 0.15) is 12.4 Å². The van der Waals surface area contributed by atoms with Crippen molar-refractivity contribution in [3.05, 3.63) is 102 Å². The number of allylic oxidation sites excluding steroid dienone is 1. The number of hydrogen-bond donors (Lipinski definition) is 0. The van der Waals surface area contributed by atoms with E-state index in [2.05, 4.69) is 4.90 Å². The zero-order valence-electron chi connectivity index (χ0n) is 16.3. The molecule has 28 heavy (non-hydrogen) atoms. The molecule has 0 aliphatic carbocycles. The third-order valence-corrected chi connectivity index (χ3v) is 4.48. The van der Waals surface area contributed by atoms with E-state index in [1.54, 1.807) is 0 Å². The van der Waals surface area contributed by atoms with Crippen LogP contribution in [0.15, 0.2) is 84.9 Å². The molecule has 0 aliphatic heterocycles. The largest absolute Gasteiger partial charge is 0.492 e. The highest BCUT2D eigenvalue weighted by Crippen LogP contribution is 2.32. The van der Waals surface area contributed by atoms with Crippen LogP contribution in [0, 0.1) is 0 Å². The molecule has 3 heteroatoms. The van der Waals surface area contributed by atoms with Crippen LogP contribution in [-0.2, 0) is 4.79 Å². The minimum Gasteiger partial charge on any atom is -0.492 e. The average molecular weight is 371 g/mol. The van der Waals surface area contributed by atoms with E-state index in [1.807, 2.05) is 99.0 Å². The van der Waals surface area contributed by atoms with Crippen LogP contribution in [0.25, 0.3) is 11.1 Å². The van der Waals surface area contributed by atoms with Gasteiger partial charge in [-0.3, -0.25) is 4.79 Å². The summed E-state index contributed by atoms with van der Waals surface area (Å²) in [5, 5.41) is 0. The first kappa shape index (κ1) is 19.6. The van der Waals surface area contributed by atoms with Crippen LogP contribution < -0.4 is 4.74 Å². The second kappa shape index (κ2) is 9.67. The van der Waals surface area contributed by atoms with E-state index < -0.39 is 0 Å². The molecule has 0 aliphatic rings. The van der Waals surface area contributed by atoms with Gasteiger partial charge in [-0.15, -0.1) is 0 Å². The highest BCUT2D eigenvalue weighted by atomic mass is 16.5. The molecule has 0 fully saturated rings. The van der Waals surface area contributed by atoms with E-state index in [9.17, 15) is 4.79 Å². The van der Waals surface area contributed by atoms with Crippen LogP contribution >= 0.6 is 0 Å². The number of carbonyl (C=O) groups is 1. The summed E-state index contributed by atoms with van der Waals surface area (Å²) in [5.74, 6) is 0.824. The van der Waals surface area contributed by atoms with Gasteiger partial charge in [0.25, 0.3) is 0 Å². The van der Waals surface area contributed by atoms with Crippen molar-refractivity contribution >= 4 is 17.4 Å². The zero-order valence-corrected chi connectivity index (χ0v) is 16.3. The summed E-state index contributed by atoms with van der Waals surface area (Å²) in [6.45, 7) is 1.50. The number of benzene rings is 3. The van der Waals surface area contributed by atoms with E-state index >= 15 is 0 Å². The highest BCUT2D eigenvalue weighted by Gasteiger charge is 2.13. The molecule has 0 amide bonds. The van der Waals surface area contributed by atoms with Gasteiger partial charge in [-0.05, 0) is 48.5 Å². The average Bonchev–Trinajstić information content (AvgIpc) is 2.73. The lowest BCUT2D eigenvalue weighted by Crippen LogP contribution is -2.19. The summed E-state index contributed by atoms with van der Waals surface area (Å²) in [6.07, 6.45) is 0.944. The van der Waals surface area contributed by atoms with E-state index in [0.717, 1.165) is 40.8 Å². The Morgan fingerprint density at radius 1 is 0.786 bits per heavy atom. The summed E-state index contributed by atoms with van der Waals surface area (Å²) in [5.41, 5.74) is 4.49. The molecular formula is C25H25NO2. The van der Waals surface area contributed by atoms with Crippen molar-refractivity contribution in [2.24, 2.45) is 0 Å². The molecule has 0 N–H and O–H groups in total. The van der Waals surface area contributed by atoms with E-state index in [0.29, 0.717) is 12.2 Å². The normalized spacial score (nSPS) is 11.8. The smallest absolute Gasteiger partial charge is 0.151 e. The van der Waals surface area contributed by atoms with Gasteiger partial charge < -0.3 is 9.64 Å². The van der Waals surface area contributed by atoms with Gasteiger partial charge >= 0.3 is 0 Å². The predicted molar refractivity (Wildman–Crippen MR) is 115 cm³/mol. The van der Waals surface area contributed by atoms with Crippen molar-refractivity contribution in [2.45, 2.75) is 0 Å². The lowest BCUT2D eigenvalue weighted by molar-refractivity contribution is -0.103. The zero-order chi connectivity index (χ0) is 19.8. The second-order valence-electron chi connectivity index (χ2n) is 6.81. The van der Waals surface area contributed by atoms with Gasteiger partial charge in [0.2, 0.25) is 0 Å². The fourth-order valence-corrected chi connectivity index (χ4v) is 3.04. The fraction of sp³-hybridized carbons (Fsp3) is 0.160. The van der Waals surface area contributed by atoms with Gasteiger partial charge in [0, 0.05) is 12.1 Å². The van der Waals surface area contributed by atoms with Gasteiger partial charge in [-0.2, -0.15) is 0 Å². The monoisotopic (exact) mass is 371 g/mol. The molecule has 3 rings (SSSR count). The summed E-state index contributed by atoms with van der Waals surface area (Å²) in [4.78, 5) is 14.2. The molecule has 0 heterocycles. The van der Waals surface area contributed by atoms with Crippen molar-refractivity contribution in [1.82, 2.24) is 4.90 Å². The number of rotatable bonds is 8. The number of hydrogen-bond acceptors (Lipinski definition) is 3. The topological polar surface area (TPSA) is 29.5 Å². The van der Waals surface area contributed by atoms with E-state index in [4.69, 9.17) is 4.74 Å². The molecule has 0 bridgehead atoms. The Morgan fingerprint density at radius 3 is 1.86 bits per heavy atom. The lowest BCUT2D eigenvalue weighted by Gasteiger charge is -2.15. The molecule has 0 spiro atoms. The van der Waals surface area contributed by atoms with Crippen LogP contribution in [0.4, 0.5) is 0 Å². The minimum atomic E-state index is 0.636. The van der Waals surface area contributed by atoms with Crippen LogP contribution in [0.2, 0.25) is 0 Å². The number of carbonyl (C=O) groups excluding carboxylic acids is 1. The minimum absolute atomic E-state index is 0.636. The second-order valence-corrected chi connectivity index (χ2v) is 6.81. The van der Waals surface area contributed by atoms with Crippen molar-refractivity contribution in [2.75, 3.05) is 27.2 Å². The first-order valence-electron chi connectivity index (χ1n) is 9.37. The van der Waals surface area contributed by atoms with Crippen LogP contribution in [0.3, 0.4) is 0 Å². The third-order valence-electron chi connectivity index (χ3n) is 4.48. The molecule has 3 aromatic rings. The molecule has 0 saturated carbocycles. The van der Waals surface area contributed by atoms with E-state index in [-0.39, 0.29) is 0 Å². The maximum Gasteiger partial charge on any atom is 0.151 e. The summed E-state index contributed by atoms with van der Waals surface area (Å²) < 4.78 is 5.80. The molecule has 142 valence electrons. The molecular weight excluding hydrogens is 346 g/mol. The third kappa shape index (κ3) is 4.96. The Hall–Kier alpha value is -3.17. The molecule has 0 aromatic heterocycles. The fourth-order valence-electron chi connectivity index (χ4n) is 3.04. The van der Waals surface area contributed by atoms with Gasteiger partial charge in [0.15, 0.2) is 6.29 Å². The summed E-state index contributed by atoms with van der Waals surface area (Å²) >= 11 is 0.